The number of rotatable bonds is 3. The summed E-state index contributed by atoms with van der Waals surface area (Å²) >= 11 is 1.66. The molecule has 0 amide bonds. The van der Waals surface area contributed by atoms with Crippen molar-refractivity contribution in [2.45, 2.75) is 24.9 Å². The van der Waals surface area contributed by atoms with Gasteiger partial charge in [0.15, 0.2) is 5.16 Å². The summed E-state index contributed by atoms with van der Waals surface area (Å²) in [5.41, 5.74) is 4.32. The van der Waals surface area contributed by atoms with E-state index in [9.17, 15) is 0 Å². The Labute approximate surface area is 109 Å². The molecular formula is C13H14N4S. The first-order chi connectivity index (χ1) is 8.72. The Morgan fingerprint density at radius 3 is 2.83 bits per heavy atom. The quantitative estimate of drug-likeness (QED) is 0.734. The first-order valence-electron chi connectivity index (χ1n) is 5.81. The molecule has 0 unspecified atom stereocenters. The highest BCUT2D eigenvalue weighted by atomic mass is 32.2. The van der Waals surface area contributed by atoms with E-state index in [1.807, 2.05) is 35.9 Å². The number of aromatic nitrogens is 4. The van der Waals surface area contributed by atoms with Gasteiger partial charge >= 0.3 is 0 Å². The number of hydrogen-bond donors (Lipinski definition) is 1. The average Bonchev–Trinajstić information content (AvgIpc) is 2.89. The van der Waals surface area contributed by atoms with Crippen LogP contribution in [0.2, 0.25) is 0 Å². The molecular weight excluding hydrogens is 244 g/mol. The number of para-hydroxylation sites is 2. The summed E-state index contributed by atoms with van der Waals surface area (Å²) in [6.45, 7) is 4.08. The molecule has 2 aromatic heterocycles. The van der Waals surface area contributed by atoms with Crippen LogP contribution in [0.4, 0.5) is 0 Å². The zero-order valence-electron chi connectivity index (χ0n) is 10.3. The minimum Gasteiger partial charge on any atom is -0.333 e. The van der Waals surface area contributed by atoms with Crippen molar-refractivity contribution in [1.29, 1.82) is 0 Å². The molecule has 4 nitrogen and oxygen atoms in total. The monoisotopic (exact) mass is 258 g/mol. The van der Waals surface area contributed by atoms with Crippen LogP contribution >= 0.6 is 11.8 Å². The minimum absolute atomic E-state index is 0.777. The number of imidazole rings is 1. The Balaban J connectivity index is 1.78. The van der Waals surface area contributed by atoms with Crippen LogP contribution in [0.25, 0.3) is 11.0 Å². The van der Waals surface area contributed by atoms with Gasteiger partial charge in [0.1, 0.15) is 0 Å². The molecule has 0 radical (unpaired) electrons. The van der Waals surface area contributed by atoms with Gasteiger partial charge in [-0.05, 0) is 32.0 Å². The van der Waals surface area contributed by atoms with Crippen LogP contribution in [0.5, 0.6) is 0 Å². The summed E-state index contributed by atoms with van der Waals surface area (Å²) in [4.78, 5) is 7.83. The molecule has 1 aromatic carbocycles. The van der Waals surface area contributed by atoms with Crippen LogP contribution in [0.15, 0.2) is 35.5 Å². The van der Waals surface area contributed by atoms with Gasteiger partial charge in [-0.15, -0.1) is 0 Å². The van der Waals surface area contributed by atoms with Crippen molar-refractivity contribution in [1.82, 2.24) is 19.7 Å². The largest absolute Gasteiger partial charge is 0.333 e. The standard InChI is InChI=1S/C13H14N4S/c1-9-7-10(2)17(16-9)8-18-13-14-11-5-3-4-6-12(11)15-13/h3-7H,8H2,1-2H3,(H,14,15). The van der Waals surface area contributed by atoms with Crippen LogP contribution in [-0.4, -0.2) is 19.7 Å². The maximum absolute atomic E-state index is 4.53. The molecule has 0 spiro atoms. The Hall–Kier alpha value is -1.75. The third-order valence-corrected chi connectivity index (χ3v) is 3.64. The average molecular weight is 258 g/mol. The summed E-state index contributed by atoms with van der Waals surface area (Å²) in [5, 5.41) is 5.37. The predicted molar refractivity (Wildman–Crippen MR) is 73.7 cm³/mol. The highest BCUT2D eigenvalue weighted by molar-refractivity contribution is 7.98. The molecule has 2 heterocycles. The van der Waals surface area contributed by atoms with E-state index >= 15 is 0 Å². The van der Waals surface area contributed by atoms with E-state index < -0.39 is 0 Å². The van der Waals surface area contributed by atoms with E-state index in [1.54, 1.807) is 11.8 Å². The fraction of sp³-hybridized carbons (Fsp3) is 0.231. The number of hydrogen-bond acceptors (Lipinski definition) is 3. The van der Waals surface area contributed by atoms with Crippen molar-refractivity contribution >= 4 is 22.8 Å². The van der Waals surface area contributed by atoms with Crippen molar-refractivity contribution < 1.29 is 0 Å². The third-order valence-electron chi connectivity index (χ3n) is 2.79. The Bertz CT molecular complexity index is 650. The van der Waals surface area contributed by atoms with Gasteiger partial charge in [-0.3, -0.25) is 4.68 Å². The van der Waals surface area contributed by atoms with E-state index in [1.165, 1.54) is 5.69 Å². The van der Waals surface area contributed by atoms with Crippen LogP contribution in [0, 0.1) is 13.8 Å². The maximum atomic E-state index is 4.53. The molecule has 0 fully saturated rings. The lowest BCUT2D eigenvalue weighted by molar-refractivity contribution is 0.714. The van der Waals surface area contributed by atoms with Gasteiger partial charge in [-0.2, -0.15) is 5.10 Å². The molecule has 0 saturated heterocycles. The molecule has 3 rings (SSSR count). The number of aromatic amines is 1. The van der Waals surface area contributed by atoms with Crippen LogP contribution in [0.1, 0.15) is 11.4 Å². The smallest absolute Gasteiger partial charge is 0.168 e. The second-order valence-electron chi connectivity index (χ2n) is 4.26. The maximum Gasteiger partial charge on any atom is 0.168 e. The van der Waals surface area contributed by atoms with Crippen molar-refractivity contribution in [2.75, 3.05) is 0 Å². The number of aryl methyl sites for hydroxylation is 2. The lowest BCUT2D eigenvalue weighted by Crippen LogP contribution is -1.99. The Kier molecular flexibility index (Phi) is 2.83. The van der Waals surface area contributed by atoms with Crippen molar-refractivity contribution in [3.63, 3.8) is 0 Å². The summed E-state index contributed by atoms with van der Waals surface area (Å²) in [5.74, 6) is 0.777. The molecule has 92 valence electrons. The van der Waals surface area contributed by atoms with Gasteiger partial charge < -0.3 is 4.98 Å². The zero-order chi connectivity index (χ0) is 12.5. The first kappa shape index (κ1) is 11.3. The predicted octanol–water partition coefficient (Wildman–Crippen LogP) is 3.13. The Morgan fingerprint density at radius 1 is 1.28 bits per heavy atom. The summed E-state index contributed by atoms with van der Waals surface area (Å²) in [6, 6.07) is 10.1. The summed E-state index contributed by atoms with van der Waals surface area (Å²) in [6.07, 6.45) is 0. The van der Waals surface area contributed by atoms with E-state index in [0.29, 0.717) is 0 Å². The zero-order valence-corrected chi connectivity index (χ0v) is 11.2. The topological polar surface area (TPSA) is 46.5 Å². The van der Waals surface area contributed by atoms with Crippen LogP contribution in [-0.2, 0) is 5.88 Å². The van der Waals surface area contributed by atoms with Gasteiger partial charge in [0.25, 0.3) is 0 Å². The number of benzene rings is 1. The van der Waals surface area contributed by atoms with Gasteiger partial charge in [0.2, 0.25) is 0 Å². The minimum atomic E-state index is 0.777. The fourth-order valence-corrected chi connectivity index (χ4v) is 2.78. The van der Waals surface area contributed by atoms with Gasteiger partial charge in [-0.25, -0.2) is 4.98 Å². The van der Waals surface area contributed by atoms with Gasteiger partial charge in [0, 0.05) is 5.69 Å². The SMILES string of the molecule is Cc1cc(C)n(CSc2nc3ccccc3[nH]2)n1. The molecule has 0 aliphatic rings. The molecule has 18 heavy (non-hydrogen) atoms. The van der Waals surface area contributed by atoms with Crippen LogP contribution < -0.4 is 0 Å². The first-order valence-corrected chi connectivity index (χ1v) is 6.79. The number of nitrogens with one attached hydrogen (secondary N) is 1. The highest BCUT2D eigenvalue weighted by Gasteiger charge is 2.05. The second kappa shape index (κ2) is 4.49. The molecule has 0 saturated carbocycles. The van der Waals surface area contributed by atoms with Crippen LogP contribution in [0.3, 0.4) is 0 Å². The number of nitrogens with zero attached hydrogens (tertiary/aromatic N) is 3. The lowest BCUT2D eigenvalue weighted by Gasteiger charge is -2.01. The van der Waals surface area contributed by atoms with Gasteiger partial charge in [-0.1, -0.05) is 23.9 Å². The number of fused-ring (bicyclic) bond motifs is 1. The van der Waals surface area contributed by atoms with E-state index in [2.05, 4.69) is 28.1 Å². The molecule has 0 atom stereocenters. The highest BCUT2D eigenvalue weighted by Crippen LogP contribution is 2.21. The van der Waals surface area contributed by atoms with Crippen molar-refractivity contribution in [2.24, 2.45) is 0 Å². The third kappa shape index (κ3) is 2.13. The summed E-state index contributed by atoms with van der Waals surface area (Å²) in [7, 11) is 0. The molecule has 0 aliphatic heterocycles. The lowest BCUT2D eigenvalue weighted by atomic mass is 10.3. The normalized spacial score (nSPS) is 11.2. The van der Waals surface area contributed by atoms with E-state index in [-0.39, 0.29) is 0 Å². The molecule has 1 N–H and O–H groups in total. The molecule has 3 aromatic rings. The molecule has 0 bridgehead atoms. The number of thioether (sulfide) groups is 1. The van der Waals surface area contributed by atoms with Crippen molar-refractivity contribution in [3.05, 3.63) is 41.7 Å². The summed E-state index contributed by atoms with van der Waals surface area (Å²) < 4.78 is 1.99. The fourth-order valence-electron chi connectivity index (χ4n) is 1.93. The Morgan fingerprint density at radius 2 is 2.11 bits per heavy atom. The van der Waals surface area contributed by atoms with Gasteiger partial charge in [0.05, 0.1) is 22.6 Å². The molecule has 0 aliphatic carbocycles. The number of H-pyrrole nitrogens is 1. The van der Waals surface area contributed by atoms with E-state index in [0.717, 1.165) is 27.8 Å². The second-order valence-corrected chi connectivity index (χ2v) is 5.19. The molecule has 5 heteroatoms. The van der Waals surface area contributed by atoms with Crippen molar-refractivity contribution in [3.8, 4) is 0 Å². The van der Waals surface area contributed by atoms with E-state index in [4.69, 9.17) is 0 Å².